The first-order valence-electron chi connectivity index (χ1n) is 4.99. The smallest absolute Gasteiger partial charge is 0.138 e. The second kappa shape index (κ2) is 4.74. The second-order valence-electron chi connectivity index (χ2n) is 3.94. The highest BCUT2D eigenvalue weighted by Crippen LogP contribution is 2.20. The quantitative estimate of drug-likeness (QED) is 0.799. The Morgan fingerprint density at radius 3 is 2.67 bits per heavy atom. The molecular weight excluding hydrogens is 234 g/mol. The highest BCUT2D eigenvalue weighted by Gasteiger charge is 2.23. The zero-order valence-electron chi connectivity index (χ0n) is 8.81. The first-order chi connectivity index (χ1) is 7.15. The maximum Gasteiger partial charge on any atom is 0.138 e. The molecule has 4 nitrogen and oxygen atoms in total. The topological polar surface area (TPSA) is 38.2 Å². The zero-order chi connectivity index (χ0) is 10.8. The summed E-state index contributed by atoms with van der Waals surface area (Å²) in [5.41, 5.74) is 0.878. The average molecular weight is 248 g/mol. The van der Waals surface area contributed by atoms with E-state index in [2.05, 4.69) is 28.3 Å². The van der Waals surface area contributed by atoms with Crippen LogP contribution in [-0.4, -0.2) is 39.8 Å². The Bertz CT molecular complexity index is 323. The molecule has 1 aliphatic heterocycles. The molecule has 1 fully saturated rings. The largest absolute Gasteiger partial charge is 0.373 e. The van der Waals surface area contributed by atoms with Crippen LogP contribution >= 0.6 is 23.1 Å². The third-order valence-electron chi connectivity index (χ3n) is 2.38. The maximum absolute atomic E-state index is 5.97. The number of ether oxygens (including phenoxy) is 1. The van der Waals surface area contributed by atoms with Crippen LogP contribution in [0.1, 0.15) is 19.5 Å². The summed E-state index contributed by atoms with van der Waals surface area (Å²) in [5, 5.41) is 4.01. The standard InChI is InChI=1S/C9H14ClN3OS/c1-6-3-13(4-7(2)14-6)5-8-9(10)15-12-11-8/h6-7H,3-5H2,1-2H3. The summed E-state index contributed by atoms with van der Waals surface area (Å²) in [4.78, 5) is 2.31. The van der Waals surface area contributed by atoms with Gasteiger partial charge in [0.15, 0.2) is 0 Å². The van der Waals surface area contributed by atoms with E-state index in [1.807, 2.05) is 0 Å². The number of aromatic nitrogens is 2. The third-order valence-corrected chi connectivity index (χ3v) is 3.36. The molecule has 0 aliphatic carbocycles. The van der Waals surface area contributed by atoms with Gasteiger partial charge in [0.1, 0.15) is 10.0 Å². The Kier molecular flexibility index (Phi) is 3.56. The molecule has 2 rings (SSSR count). The van der Waals surface area contributed by atoms with E-state index in [0.717, 1.165) is 25.3 Å². The van der Waals surface area contributed by atoms with Crippen molar-refractivity contribution in [3.05, 3.63) is 10.0 Å². The molecule has 0 spiro atoms. The van der Waals surface area contributed by atoms with Crippen molar-refractivity contribution in [1.82, 2.24) is 14.5 Å². The van der Waals surface area contributed by atoms with Gasteiger partial charge in [-0.2, -0.15) is 0 Å². The summed E-state index contributed by atoms with van der Waals surface area (Å²) in [6, 6.07) is 0. The molecule has 0 radical (unpaired) electrons. The van der Waals surface area contributed by atoms with Gasteiger partial charge < -0.3 is 4.74 Å². The Morgan fingerprint density at radius 1 is 1.47 bits per heavy atom. The van der Waals surface area contributed by atoms with Gasteiger partial charge in [0, 0.05) is 31.2 Å². The van der Waals surface area contributed by atoms with Gasteiger partial charge in [-0.3, -0.25) is 4.90 Å². The van der Waals surface area contributed by atoms with Crippen molar-refractivity contribution in [3.63, 3.8) is 0 Å². The number of halogens is 1. The van der Waals surface area contributed by atoms with Gasteiger partial charge in [-0.05, 0) is 13.8 Å². The van der Waals surface area contributed by atoms with E-state index in [-0.39, 0.29) is 12.2 Å². The van der Waals surface area contributed by atoms with Crippen molar-refractivity contribution in [2.75, 3.05) is 13.1 Å². The van der Waals surface area contributed by atoms with Crippen LogP contribution in [0.4, 0.5) is 0 Å². The van der Waals surface area contributed by atoms with Gasteiger partial charge in [0.2, 0.25) is 0 Å². The minimum atomic E-state index is 0.277. The van der Waals surface area contributed by atoms with Crippen molar-refractivity contribution in [3.8, 4) is 0 Å². The average Bonchev–Trinajstić information content (AvgIpc) is 2.50. The fourth-order valence-electron chi connectivity index (χ4n) is 1.92. The van der Waals surface area contributed by atoms with Gasteiger partial charge >= 0.3 is 0 Å². The van der Waals surface area contributed by atoms with E-state index >= 15 is 0 Å². The van der Waals surface area contributed by atoms with Crippen molar-refractivity contribution < 1.29 is 4.74 Å². The Hall–Kier alpha value is -0.230. The molecule has 0 N–H and O–H groups in total. The van der Waals surface area contributed by atoms with Crippen LogP contribution in [0.2, 0.25) is 4.34 Å². The van der Waals surface area contributed by atoms with Crippen molar-refractivity contribution in [2.45, 2.75) is 32.6 Å². The van der Waals surface area contributed by atoms with Gasteiger partial charge in [0.25, 0.3) is 0 Å². The normalized spacial score (nSPS) is 28.2. The van der Waals surface area contributed by atoms with E-state index in [9.17, 15) is 0 Å². The molecule has 1 aliphatic rings. The van der Waals surface area contributed by atoms with Crippen LogP contribution in [0.5, 0.6) is 0 Å². The lowest BCUT2D eigenvalue weighted by molar-refractivity contribution is -0.0707. The Morgan fingerprint density at radius 2 is 2.13 bits per heavy atom. The summed E-state index contributed by atoms with van der Waals surface area (Å²) >= 11 is 7.21. The molecule has 0 amide bonds. The van der Waals surface area contributed by atoms with Crippen LogP contribution in [0.25, 0.3) is 0 Å². The molecule has 6 heteroatoms. The minimum absolute atomic E-state index is 0.277. The monoisotopic (exact) mass is 247 g/mol. The fraction of sp³-hybridized carbons (Fsp3) is 0.778. The van der Waals surface area contributed by atoms with Crippen LogP contribution in [0, 0.1) is 0 Å². The maximum atomic E-state index is 5.97. The fourth-order valence-corrected chi connectivity index (χ4v) is 2.53. The molecule has 2 heterocycles. The van der Waals surface area contributed by atoms with Crippen LogP contribution in [0.15, 0.2) is 0 Å². The molecule has 1 saturated heterocycles. The number of morpholine rings is 1. The van der Waals surface area contributed by atoms with E-state index in [1.165, 1.54) is 11.5 Å². The molecule has 84 valence electrons. The molecule has 2 atom stereocenters. The van der Waals surface area contributed by atoms with Gasteiger partial charge in [-0.15, -0.1) is 5.10 Å². The number of nitrogens with zero attached hydrogens (tertiary/aromatic N) is 3. The minimum Gasteiger partial charge on any atom is -0.373 e. The first-order valence-corrected chi connectivity index (χ1v) is 6.15. The molecule has 1 aromatic rings. The van der Waals surface area contributed by atoms with Gasteiger partial charge in [-0.25, -0.2) is 0 Å². The van der Waals surface area contributed by atoms with Crippen LogP contribution < -0.4 is 0 Å². The SMILES string of the molecule is CC1CN(Cc2nnsc2Cl)CC(C)O1. The predicted molar refractivity (Wildman–Crippen MR) is 60.2 cm³/mol. The number of rotatable bonds is 2. The van der Waals surface area contributed by atoms with E-state index in [0.29, 0.717) is 4.34 Å². The Balaban J connectivity index is 1.97. The lowest BCUT2D eigenvalue weighted by Crippen LogP contribution is -2.44. The van der Waals surface area contributed by atoms with Crippen molar-refractivity contribution in [2.24, 2.45) is 0 Å². The Labute approximate surface area is 98.3 Å². The van der Waals surface area contributed by atoms with Crippen LogP contribution in [-0.2, 0) is 11.3 Å². The van der Waals surface area contributed by atoms with Crippen molar-refractivity contribution >= 4 is 23.1 Å². The van der Waals surface area contributed by atoms with Crippen LogP contribution in [0.3, 0.4) is 0 Å². The van der Waals surface area contributed by atoms with Crippen molar-refractivity contribution in [1.29, 1.82) is 0 Å². The van der Waals surface area contributed by atoms with E-state index in [1.54, 1.807) is 0 Å². The predicted octanol–water partition coefficient (Wildman–Crippen LogP) is 1.80. The lowest BCUT2D eigenvalue weighted by Gasteiger charge is -2.34. The highest BCUT2D eigenvalue weighted by atomic mass is 35.5. The molecule has 0 aromatic carbocycles. The molecule has 0 saturated carbocycles. The van der Waals surface area contributed by atoms with E-state index < -0.39 is 0 Å². The summed E-state index contributed by atoms with van der Waals surface area (Å²) in [6.45, 7) is 6.80. The number of hydrogen-bond donors (Lipinski definition) is 0. The molecule has 15 heavy (non-hydrogen) atoms. The summed E-state index contributed by atoms with van der Waals surface area (Å²) < 4.78 is 10.2. The highest BCUT2D eigenvalue weighted by molar-refractivity contribution is 7.10. The zero-order valence-corrected chi connectivity index (χ0v) is 10.4. The van der Waals surface area contributed by atoms with Gasteiger partial charge in [0.05, 0.1) is 12.2 Å². The molecule has 2 unspecified atom stereocenters. The van der Waals surface area contributed by atoms with E-state index in [4.69, 9.17) is 16.3 Å². The molecule has 0 bridgehead atoms. The summed E-state index contributed by atoms with van der Waals surface area (Å²) in [6.07, 6.45) is 0.554. The summed E-state index contributed by atoms with van der Waals surface area (Å²) in [5.74, 6) is 0. The third kappa shape index (κ3) is 2.87. The first kappa shape index (κ1) is 11.3. The lowest BCUT2D eigenvalue weighted by atomic mass is 10.2. The van der Waals surface area contributed by atoms with Gasteiger partial charge in [-0.1, -0.05) is 16.1 Å². The molecule has 1 aromatic heterocycles. The molecular formula is C9H14ClN3OS. The second-order valence-corrected chi connectivity index (χ2v) is 5.30. The number of hydrogen-bond acceptors (Lipinski definition) is 5. The summed E-state index contributed by atoms with van der Waals surface area (Å²) in [7, 11) is 0.